The van der Waals surface area contributed by atoms with Crippen molar-refractivity contribution in [1.29, 1.82) is 0 Å². The molecule has 6 heteroatoms. The van der Waals surface area contributed by atoms with Crippen LogP contribution in [0.5, 0.6) is 17.2 Å². The third-order valence-electron chi connectivity index (χ3n) is 4.54. The standard InChI is InChI=1S/C23H18N4O2/c1-2-4-22-21(3-1)25-23(26-22)15-28-17-9-11-19(12-10-17)29-18-7-5-16(6-8-18)20-13-14-24-27-20/h1-14H,15H2,(H,24,27)(H,25,26). The molecule has 0 aliphatic heterocycles. The monoisotopic (exact) mass is 382 g/mol. The van der Waals surface area contributed by atoms with Crippen molar-refractivity contribution in [2.24, 2.45) is 0 Å². The van der Waals surface area contributed by atoms with Gasteiger partial charge in [0, 0.05) is 6.20 Å². The smallest absolute Gasteiger partial charge is 0.146 e. The first-order valence-electron chi connectivity index (χ1n) is 9.28. The lowest BCUT2D eigenvalue weighted by molar-refractivity contribution is 0.297. The first-order chi connectivity index (χ1) is 14.3. The molecular formula is C23H18N4O2. The Hall–Kier alpha value is -4.06. The van der Waals surface area contributed by atoms with Crippen LogP contribution in [0.3, 0.4) is 0 Å². The van der Waals surface area contributed by atoms with Gasteiger partial charge >= 0.3 is 0 Å². The van der Waals surface area contributed by atoms with Gasteiger partial charge in [-0.25, -0.2) is 4.98 Å². The highest BCUT2D eigenvalue weighted by molar-refractivity contribution is 5.74. The fraction of sp³-hybridized carbons (Fsp3) is 0.0435. The third-order valence-corrected chi connectivity index (χ3v) is 4.54. The van der Waals surface area contributed by atoms with E-state index in [4.69, 9.17) is 9.47 Å². The Balaban J connectivity index is 1.21. The fourth-order valence-electron chi connectivity index (χ4n) is 3.08. The van der Waals surface area contributed by atoms with E-state index in [1.54, 1.807) is 6.20 Å². The summed E-state index contributed by atoms with van der Waals surface area (Å²) < 4.78 is 11.7. The highest BCUT2D eigenvalue weighted by Crippen LogP contribution is 2.26. The molecule has 5 rings (SSSR count). The minimum absolute atomic E-state index is 0.379. The van der Waals surface area contributed by atoms with Gasteiger partial charge in [0.15, 0.2) is 0 Å². The van der Waals surface area contributed by atoms with Gasteiger partial charge in [0.1, 0.15) is 29.7 Å². The molecule has 0 spiro atoms. The molecular weight excluding hydrogens is 364 g/mol. The van der Waals surface area contributed by atoms with Gasteiger partial charge in [0.05, 0.1) is 16.7 Å². The molecule has 3 aromatic carbocycles. The number of hydrogen-bond donors (Lipinski definition) is 2. The average molecular weight is 382 g/mol. The summed E-state index contributed by atoms with van der Waals surface area (Å²) in [5.74, 6) is 3.07. The zero-order chi connectivity index (χ0) is 19.5. The molecule has 0 unspecified atom stereocenters. The Bertz CT molecular complexity index is 1180. The largest absolute Gasteiger partial charge is 0.486 e. The van der Waals surface area contributed by atoms with Crippen molar-refractivity contribution in [3.05, 3.63) is 90.9 Å². The summed E-state index contributed by atoms with van der Waals surface area (Å²) in [6.07, 6.45) is 1.73. The van der Waals surface area contributed by atoms with Crippen LogP contribution in [0.2, 0.25) is 0 Å². The molecule has 0 saturated carbocycles. The molecule has 0 aliphatic carbocycles. The molecule has 2 heterocycles. The highest BCUT2D eigenvalue weighted by atomic mass is 16.5. The predicted molar refractivity (Wildman–Crippen MR) is 111 cm³/mol. The summed E-state index contributed by atoms with van der Waals surface area (Å²) >= 11 is 0. The van der Waals surface area contributed by atoms with Crippen molar-refractivity contribution in [1.82, 2.24) is 20.2 Å². The number of H-pyrrole nitrogens is 2. The lowest BCUT2D eigenvalue weighted by Gasteiger charge is -2.08. The number of hydrogen-bond acceptors (Lipinski definition) is 4. The number of nitrogens with one attached hydrogen (secondary N) is 2. The minimum atomic E-state index is 0.379. The van der Waals surface area contributed by atoms with Crippen molar-refractivity contribution in [3.8, 4) is 28.5 Å². The Morgan fingerprint density at radius 1 is 0.759 bits per heavy atom. The summed E-state index contributed by atoms with van der Waals surface area (Å²) in [5.41, 5.74) is 3.98. The summed E-state index contributed by atoms with van der Waals surface area (Å²) in [5, 5.41) is 6.92. The van der Waals surface area contributed by atoms with Crippen LogP contribution in [0.25, 0.3) is 22.3 Å². The maximum Gasteiger partial charge on any atom is 0.146 e. The molecule has 29 heavy (non-hydrogen) atoms. The molecule has 0 amide bonds. The lowest BCUT2D eigenvalue weighted by atomic mass is 10.1. The van der Waals surface area contributed by atoms with Gasteiger partial charge in [-0.3, -0.25) is 5.10 Å². The molecule has 0 bridgehead atoms. The number of rotatable bonds is 6. The van der Waals surface area contributed by atoms with E-state index < -0.39 is 0 Å². The van der Waals surface area contributed by atoms with Gasteiger partial charge in [0.25, 0.3) is 0 Å². The molecule has 0 aliphatic rings. The number of nitrogens with zero attached hydrogens (tertiary/aromatic N) is 2. The molecule has 0 fully saturated rings. The third kappa shape index (κ3) is 3.82. The van der Waals surface area contributed by atoms with Crippen molar-refractivity contribution in [3.63, 3.8) is 0 Å². The maximum atomic E-state index is 5.91. The van der Waals surface area contributed by atoms with E-state index in [0.29, 0.717) is 6.61 Å². The Morgan fingerprint density at radius 2 is 1.48 bits per heavy atom. The van der Waals surface area contributed by atoms with Crippen LogP contribution in [0, 0.1) is 0 Å². The van der Waals surface area contributed by atoms with Gasteiger partial charge in [-0.15, -0.1) is 0 Å². The van der Waals surface area contributed by atoms with Crippen molar-refractivity contribution < 1.29 is 9.47 Å². The molecule has 5 aromatic rings. The van der Waals surface area contributed by atoms with Crippen LogP contribution < -0.4 is 9.47 Å². The van der Waals surface area contributed by atoms with E-state index in [9.17, 15) is 0 Å². The SMILES string of the molecule is c1ccc2[nH]c(COc3ccc(Oc4ccc(-c5ccn[nH]5)cc4)cc3)nc2c1. The summed E-state index contributed by atoms with van der Waals surface area (Å²) in [7, 11) is 0. The zero-order valence-electron chi connectivity index (χ0n) is 15.5. The lowest BCUT2D eigenvalue weighted by Crippen LogP contribution is -1.97. The van der Waals surface area contributed by atoms with Crippen molar-refractivity contribution in [2.75, 3.05) is 0 Å². The number of aromatic nitrogens is 4. The van der Waals surface area contributed by atoms with Crippen LogP contribution in [-0.4, -0.2) is 20.2 Å². The van der Waals surface area contributed by atoms with Gasteiger partial charge in [0.2, 0.25) is 0 Å². The molecule has 0 radical (unpaired) electrons. The van der Waals surface area contributed by atoms with E-state index in [2.05, 4.69) is 20.2 Å². The second kappa shape index (κ2) is 7.52. The predicted octanol–water partition coefficient (Wildman–Crippen LogP) is 5.32. The number of benzene rings is 3. The van der Waals surface area contributed by atoms with Crippen LogP contribution in [0.1, 0.15) is 5.82 Å². The van der Waals surface area contributed by atoms with Gasteiger partial charge in [-0.2, -0.15) is 5.10 Å². The highest BCUT2D eigenvalue weighted by Gasteiger charge is 2.04. The van der Waals surface area contributed by atoms with Crippen LogP contribution >= 0.6 is 0 Å². The Labute approximate surface area is 167 Å². The number of fused-ring (bicyclic) bond motifs is 1. The van der Waals surface area contributed by atoms with Crippen molar-refractivity contribution in [2.45, 2.75) is 6.61 Å². The van der Waals surface area contributed by atoms with Crippen LogP contribution in [0.4, 0.5) is 0 Å². The number of aromatic amines is 2. The summed E-state index contributed by atoms with van der Waals surface area (Å²) in [6, 6.07) is 25.3. The van der Waals surface area contributed by atoms with E-state index in [1.165, 1.54) is 0 Å². The van der Waals surface area contributed by atoms with E-state index in [1.807, 2.05) is 78.9 Å². The summed E-state index contributed by atoms with van der Waals surface area (Å²) in [6.45, 7) is 0.379. The Morgan fingerprint density at radius 3 is 2.21 bits per heavy atom. The molecule has 0 saturated heterocycles. The molecule has 0 atom stereocenters. The quantitative estimate of drug-likeness (QED) is 0.416. The second-order valence-corrected chi connectivity index (χ2v) is 6.56. The van der Waals surface area contributed by atoms with Gasteiger partial charge in [-0.1, -0.05) is 12.1 Å². The van der Waals surface area contributed by atoms with Gasteiger partial charge in [-0.05, 0) is 72.3 Å². The molecule has 2 N–H and O–H groups in total. The fourth-order valence-corrected chi connectivity index (χ4v) is 3.08. The Kier molecular flexibility index (Phi) is 4.42. The van der Waals surface area contributed by atoms with Crippen LogP contribution in [-0.2, 0) is 6.61 Å². The molecule has 2 aromatic heterocycles. The van der Waals surface area contributed by atoms with Crippen molar-refractivity contribution >= 4 is 11.0 Å². The van der Waals surface area contributed by atoms with E-state index in [0.717, 1.165) is 45.4 Å². The normalized spacial score (nSPS) is 10.9. The van der Waals surface area contributed by atoms with E-state index >= 15 is 0 Å². The van der Waals surface area contributed by atoms with Gasteiger partial charge < -0.3 is 14.5 Å². The topological polar surface area (TPSA) is 75.8 Å². The zero-order valence-corrected chi connectivity index (χ0v) is 15.5. The molecule has 142 valence electrons. The van der Waals surface area contributed by atoms with Crippen LogP contribution in [0.15, 0.2) is 85.1 Å². The summed E-state index contributed by atoms with van der Waals surface area (Å²) in [4.78, 5) is 7.77. The molecule has 6 nitrogen and oxygen atoms in total. The first-order valence-corrected chi connectivity index (χ1v) is 9.28. The number of ether oxygens (including phenoxy) is 2. The first kappa shape index (κ1) is 17.1. The van der Waals surface area contributed by atoms with E-state index in [-0.39, 0.29) is 0 Å². The average Bonchev–Trinajstić information content (AvgIpc) is 3.44. The number of para-hydroxylation sites is 2. The minimum Gasteiger partial charge on any atom is -0.486 e. The second-order valence-electron chi connectivity index (χ2n) is 6.56. The number of imidazole rings is 1. The maximum absolute atomic E-state index is 5.91.